The van der Waals surface area contributed by atoms with Gasteiger partial charge in [0.2, 0.25) is 0 Å². The first-order chi connectivity index (χ1) is 7.79. The Bertz CT molecular complexity index is 215. The fraction of sp³-hybridized carbons (Fsp3) is 0.933. The molecule has 102 valence electrons. The molecule has 0 aliphatic rings. The van der Waals surface area contributed by atoms with E-state index in [0.717, 1.165) is 13.1 Å². The number of hydrogen-bond donors (Lipinski definition) is 0. The highest BCUT2D eigenvalue weighted by Crippen LogP contribution is 2.17. The maximum Gasteiger partial charge on any atom is 0.139 e. The van der Waals surface area contributed by atoms with Crippen LogP contribution < -0.4 is 0 Å². The summed E-state index contributed by atoms with van der Waals surface area (Å²) in [4.78, 5) is 14.3. The Kier molecular flexibility index (Phi) is 7.69. The summed E-state index contributed by atoms with van der Waals surface area (Å²) in [5.41, 5.74) is -0.188. The molecule has 0 aliphatic heterocycles. The molecule has 0 saturated heterocycles. The van der Waals surface area contributed by atoms with Gasteiger partial charge in [-0.15, -0.1) is 0 Å². The summed E-state index contributed by atoms with van der Waals surface area (Å²) in [5, 5.41) is 0. The minimum Gasteiger partial charge on any atom is -0.301 e. The van der Waals surface area contributed by atoms with Crippen LogP contribution in [0.25, 0.3) is 0 Å². The van der Waals surface area contributed by atoms with Gasteiger partial charge in [-0.25, -0.2) is 0 Å². The first-order valence-corrected chi connectivity index (χ1v) is 7.06. The van der Waals surface area contributed by atoms with Gasteiger partial charge in [-0.1, -0.05) is 40.5 Å². The number of carbonyl (C=O) groups excluding carboxylic acids is 1. The van der Waals surface area contributed by atoms with Crippen LogP contribution in [0.2, 0.25) is 0 Å². The van der Waals surface area contributed by atoms with Crippen LogP contribution in [-0.2, 0) is 4.79 Å². The van der Waals surface area contributed by atoms with Gasteiger partial charge in [0, 0.05) is 24.4 Å². The molecule has 17 heavy (non-hydrogen) atoms. The lowest BCUT2D eigenvalue weighted by Crippen LogP contribution is -2.35. The maximum absolute atomic E-state index is 11.9. The van der Waals surface area contributed by atoms with Gasteiger partial charge in [0.25, 0.3) is 0 Å². The van der Waals surface area contributed by atoms with Crippen molar-refractivity contribution in [3.8, 4) is 0 Å². The monoisotopic (exact) mass is 241 g/mol. The van der Waals surface area contributed by atoms with E-state index in [9.17, 15) is 4.79 Å². The van der Waals surface area contributed by atoms with E-state index in [0.29, 0.717) is 18.2 Å². The largest absolute Gasteiger partial charge is 0.301 e. The van der Waals surface area contributed by atoms with E-state index in [1.54, 1.807) is 0 Å². The van der Waals surface area contributed by atoms with Crippen molar-refractivity contribution < 1.29 is 4.79 Å². The number of nitrogens with zero attached hydrogens (tertiary/aromatic N) is 1. The number of ketones is 1. The zero-order valence-corrected chi connectivity index (χ0v) is 12.7. The van der Waals surface area contributed by atoms with E-state index in [1.165, 1.54) is 19.3 Å². The third-order valence-electron chi connectivity index (χ3n) is 3.24. The predicted molar refractivity (Wildman–Crippen MR) is 75.3 cm³/mol. The molecule has 0 unspecified atom stereocenters. The van der Waals surface area contributed by atoms with Crippen LogP contribution in [0.15, 0.2) is 0 Å². The van der Waals surface area contributed by atoms with Crippen molar-refractivity contribution in [3.63, 3.8) is 0 Å². The number of Topliss-reactive ketones (excluding diaryl/α,β-unsaturated/α-hetero) is 1. The zero-order chi connectivity index (χ0) is 13.5. The highest BCUT2D eigenvalue weighted by Gasteiger charge is 2.21. The van der Waals surface area contributed by atoms with Crippen LogP contribution in [0.5, 0.6) is 0 Å². The molecule has 0 fully saturated rings. The molecule has 0 atom stereocenters. The van der Waals surface area contributed by atoms with Crippen molar-refractivity contribution in [2.24, 2.45) is 5.41 Å². The molecule has 0 aromatic carbocycles. The first kappa shape index (κ1) is 16.6. The summed E-state index contributed by atoms with van der Waals surface area (Å²) in [6.45, 7) is 14.7. The lowest BCUT2D eigenvalue weighted by molar-refractivity contribution is -0.126. The number of unbranched alkanes of at least 4 members (excludes halogenated alkanes) is 2. The maximum atomic E-state index is 11.9. The average Bonchev–Trinajstić information content (AvgIpc) is 2.20. The van der Waals surface area contributed by atoms with Gasteiger partial charge in [0.05, 0.1) is 0 Å². The molecule has 0 aromatic heterocycles. The van der Waals surface area contributed by atoms with Crippen LogP contribution in [0, 0.1) is 5.41 Å². The first-order valence-electron chi connectivity index (χ1n) is 7.06. The van der Waals surface area contributed by atoms with E-state index in [4.69, 9.17) is 0 Å². The predicted octanol–water partition coefficient (Wildman–Crippen LogP) is 3.89. The molecule has 0 saturated carbocycles. The summed E-state index contributed by atoms with van der Waals surface area (Å²) in [5.74, 6) is 0.374. The van der Waals surface area contributed by atoms with Crippen LogP contribution in [-0.4, -0.2) is 29.8 Å². The number of carbonyl (C=O) groups is 1. The molecule has 2 nitrogen and oxygen atoms in total. The zero-order valence-electron chi connectivity index (χ0n) is 12.7. The standard InChI is InChI=1S/C15H31NO/c1-7-8-9-11-16(13(2)3)12-10-14(17)15(4,5)6/h13H,7-12H2,1-6H3. The van der Waals surface area contributed by atoms with Crippen molar-refractivity contribution in [1.82, 2.24) is 4.90 Å². The number of rotatable bonds is 8. The molecule has 0 bridgehead atoms. The van der Waals surface area contributed by atoms with Crippen LogP contribution in [0.3, 0.4) is 0 Å². The van der Waals surface area contributed by atoms with E-state index < -0.39 is 0 Å². The fourth-order valence-corrected chi connectivity index (χ4v) is 1.81. The Hall–Kier alpha value is -0.370. The van der Waals surface area contributed by atoms with E-state index in [-0.39, 0.29) is 5.41 Å². The van der Waals surface area contributed by atoms with Crippen LogP contribution in [0.4, 0.5) is 0 Å². The lowest BCUT2D eigenvalue weighted by atomic mass is 9.89. The third kappa shape index (κ3) is 7.54. The molecule has 0 heterocycles. The molecule has 0 aliphatic carbocycles. The van der Waals surface area contributed by atoms with Crippen LogP contribution >= 0.6 is 0 Å². The average molecular weight is 241 g/mol. The summed E-state index contributed by atoms with van der Waals surface area (Å²) < 4.78 is 0. The van der Waals surface area contributed by atoms with Crippen molar-refractivity contribution in [1.29, 1.82) is 0 Å². The van der Waals surface area contributed by atoms with Gasteiger partial charge in [-0.2, -0.15) is 0 Å². The van der Waals surface area contributed by atoms with Crippen molar-refractivity contribution in [3.05, 3.63) is 0 Å². The quantitative estimate of drug-likeness (QED) is 0.601. The fourth-order valence-electron chi connectivity index (χ4n) is 1.81. The van der Waals surface area contributed by atoms with Gasteiger partial charge in [-0.3, -0.25) is 4.79 Å². The van der Waals surface area contributed by atoms with Crippen molar-refractivity contribution in [2.75, 3.05) is 13.1 Å². The molecular weight excluding hydrogens is 210 g/mol. The Morgan fingerprint density at radius 2 is 1.71 bits per heavy atom. The summed E-state index contributed by atoms with van der Waals surface area (Å²) in [6, 6.07) is 0.541. The smallest absolute Gasteiger partial charge is 0.139 e. The Labute approximate surface area is 108 Å². The highest BCUT2D eigenvalue weighted by atomic mass is 16.1. The molecule has 0 rings (SSSR count). The minimum absolute atomic E-state index is 0.188. The Morgan fingerprint density at radius 1 is 1.12 bits per heavy atom. The van der Waals surface area contributed by atoms with E-state index in [2.05, 4.69) is 25.7 Å². The molecule has 0 radical (unpaired) electrons. The molecule has 0 N–H and O–H groups in total. The molecular formula is C15H31NO. The van der Waals surface area contributed by atoms with Gasteiger partial charge in [0.15, 0.2) is 0 Å². The molecule has 0 aromatic rings. The highest BCUT2D eigenvalue weighted by molar-refractivity contribution is 5.83. The second kappa shape index (κ2) is 7.86. The molecule has 0 spiro atoms. The van der Waals surface area contributed by atoms with Crippen LogP contribution in [0.1, 0.15) is 67.2 Å². The van der Waals surface area contributed by atoms with E-state index in [1.807, 2.05) is 20.8 Å². The minimum atomic E-state index is -0.188. The van der Waals surface area contributed by atoms with Gasteiger partial charge in [0.1, 0.15) is 5.78 Å². The SMILES string of the molecule is CCCCCN(CCC(=O)C(C)(C)C)C(C)C. The van der Waals surface area contributed by atoms with Gasteiger partial charge in [-0.05, 0) is 26.8 Å². The second-order valence-corrected chi connectivity index (χ2v) is 6.26. The second-order valence-electron chi connectivity index (χ2n) is 6.26. The Morgan fingerprint density at radius 3 is 2.12 bits per heavy atom. The summed E-state index contributed by atoms with van der Waals surface area (Å²) in [7, 11) is 0. The van der Waals surface area contributed by atoms with E-state index >= 15 is 0 Å². The number of hydrogen-bond acceptors (Lipinski definition) is 2. The summed E-state index contributed by atoms with van der Waals surface area (Å²) >= 11 is 0. The normalized spacial score (nSPS) is 12.5. The lowest BCUT2D eigenvalue weighted by Gasteiger charge is -2.27. The van der Waals surface area contributed by atoms with Gasteiger partial charge < -0.3 is 4.90 Å². The third-order valence-corrected chi connectivity index (χ3v) is 3.24. The Balaban J connectivity index is 4.05. The molecule has 2 heteroatoms. The van der Waals surface area contributed by atoms with Crippen molar-refractivity contribution in [2.45, 2.75) is 73.3 Å². The molecule has 0 amide bonds. The summed E-state index contributed by atoms with van der Waals surface area (Å²) in [6.07, 6.45) is 4.48. The van der Waals surface area contributed by atoms with Crippen molar-refractivity contribution >= 4 is 5.78 Å². The topological polar surface area (TPSA) is 20.3 Å². The van der Waals surface area contributed by atoms with Gasteiger partial charge >= 0.3 is 0 Å².